The van der Waals surface area contributed by atoms with Gasteiger partial charge in [0.15, 0.2) is 11.3 Å². The Balaban J connectivity index is 0.00000172. The van der Waals surface area contributed by atoms with Crippen LogP contribution >= 0.6 is 23.2 Å². The van der Waals surface area contributed by atoms with E-state index >= 15 is 0 Å². The smallest absolute Gasteiger partial charge is 0.190 e. The fraction of sp³-hybridized carbons (Fsp3) is 0.556. The average molecular weight is 593 g/mol. The van der Waals surface area contributed by atoms with Gasteiger partial charge in [0.1, 0.15) is 27.2 Å². The normalized spacial score (nSPS) is 19.2. The zero-order valence-corrected chi connectivity index (χ0v) is 25.1. The first-order chi connectivity index (χ1) is 18.6. The Kier molecular flexibility index (Phi) is 9.37. The number of fused-ring (bicyclic) bond motifs is 1. The van der Waals surface area contributed by atoms with E-state index in [2.05, 4.69) is 26.0 Å². The van der Waals surface area contributed by atoms with Crippen LogP contribution in [0.3, 0.4) is 0 Å². The van der Waals surface area contributed by atoms with E-state index in [0.717, 1.165) is 50.4 Å². The lowest BCUT2D eigenvalue weighted by atomic mass is 9.80. The highest BCUT2D eigenvalue weighted by Crippen LogP contribution is 2.35. The van der Waals surface area contributed by atoms with E-state index in [1.807, 2.05) is 26.8 Å². The summed E-state index contributed by atoms with van der Waals surface area (Å²) in [5.41, 5.74) is 2.06. The maximum Gasteiger partial charge on any atom is 0.190 e. The van der Waals surface area contributed by atoms with Crippen LogP contribution in [0.2, 0.25) is 10.0 Å². The van der Waals surface area contributed by atoms with Gasteiger partial charge in [-0.25, -0.2) is 23.1 Å². The first-order valence-corrected chi connectivity index (χ1v) is 16.2. The summed E-state index contributed by atoms with van der Waals surface area (Å²) in [6.07, 6.45) is 5.27. The molecule has 210 valence electrons. The van der Waals surface area contributed by atoms with E-state index in [1.165, 1.54) is 6.26 Å². The molecule has 2 fully saturated rings. The van der Waals surface area contributed by atoms with Gasteiger partial charge in [-0.2, -0.15) is 10.4 Å². The van der Waals surface area contributed by atoms with E-state index in [0.29, 0.717) is 39.6 Å². The van der Waals surface area contributed by atoms with E-state index in [4.69, 9.17) is 28.2 Å². The molecule has 0 saturated carbocycles. The molecule has 12 heteroatoms. The number of aromatic nitrogens is 4. The summed E-state index contributed by atoms with van der Waals surface area (Å²) in [6, 6.07) is 7.18. The van der Waals surface area contributed by atoms with Gasteiger partial charge in [0, 0.05) is 42.5 Å². The monoisotopic (exact) mass is 591 g/mol. The van der Waals surface area contributed by atoms with Crippen molar-refractivity contribution in [2.75, 3.05) is 49.6 Å². The maximum absolute atomic E-state index is 11.6. The van der Waals surface area contributed by atoms with Crippen LogP contribution in [0.25, 0.3) is 11.2 Å². The Bertz CT molecular complexity index is 1460. The maximum atomic E-state index is 11.6. The molecule has 3 aromatic rings. The van der Waals surface area contributed by atoms with Crippen molar-refractivity contribution in [1.29, 1.82) is 5.26 Å². The van der Waals surface area contributed by atoms with Gasteiger partial charge < -0.3 is 9.80 Å². The molecule has 0 amide bonds. The van der Waals surface area contributed by atoms with Gasteiger partial charge in [-0.3, -0.25) is 0 Å². The van der Waals surface area contributed by atoms with E-state index < -0.39 is 9.84 Å². The first kappa shape index (κ1) is 29.5. The Hall–Kier alpha value is -2.45. The number of halogens is 2. The minimum absolute atomic E-state index is 0.212. The van der Waals surface area contributed by atoms with Crippen molar-refractivity contribution in [3.63, 3.8) is 0 Å². The molecule has 2 atom stereocenters. The standard InChI is InChI=1S/C25H29Cl2N7O2S.C2H6/c1-16(20-6-5-19(26)10-21(20)27)34-25-24(22(11-28)31-34)29-12-23(30-25)33-14-18(15-33)17-4-3-7-32(13-17)8-9-37(2,35)36;1-2/h5-6,10,12,16-18H,3-4,7-9,13-15H2,1-2H3;1-2H3. The SMILES string of the molecule is CC.CC(c1ccc(Cl)cc1Cl)n1nc(C#N)c2ncc(N3CC(C4CCCN(CCS(C)(=O)=O)C4)C3)nc21. The van der Waals surface area contributed by atoms with Crippen LogP contribution in [0.15, 0.2) is 24.4 Å². The topological polar surface area (TPSA) is 108 Å². The van der Waals surface area contributed by atoms with Crippen LogP contribution < -0.4 is 4.90 Å². The highest BCUT2D eigenvalue weighted by Gasteiger charge is 2.37. The summed E-state index contributed by atoms with van der Waals surface area (Å²) in [7, 11) is -2.95. The van der Waals surface area contributed by atoms with Gasteiger partial charge in [0.2, 0.25) is 0 Å². The third-order valence-electron chi connectivity index (χ3n) is 7.50. The minimum Gasteiger partial charge on any atom is -0.355 e. The van der Waals surface area contributed by atoms with Crippen LogP contribution in [-0.2, 0) is 9.84 Å². The second kappa shape index (κ2) is 12.4. The predicted octanol–water partition coefficient (Wildman–Crippen LogP) is 4.83. The van der Waals surface area contributed by atoms with Gasteiger partial charge in [-0.05, 0) is 55.8 Å². The molecular formula is C27H35Cl2N7O2S. The zero-order valence-electron chi connectivity index (χ0n) is 22.8. The molecule has 0 bridgehead atoms. The summed E-state index contributed by atoms with van der Waals surface area (Å²) in [6.45, 7) is 10.2. The summed E-state index contributed by atoms with van der Waals surface area (Å²) >= 11 is 12.5. The summed E-state index contributed by atoms with van der Waals surface area (Å²) < 4.78 is 24.8. The lowest BCUT2D eigenvalue weighted by Gasteiger charge is -2.47. The Labute approximate surface area is 240 Å². The van der Waals surface area contributed by atoms with E-state index in [1.54, 1.807) is 23.0 Å². The number of piperidine rings is 1. The predicted molar refractivity (Wildman–Crippen MR) is 156 cm³/mol. The molecule has 2 aliphatic rings. The third kappa shape index (κ3) is 6.65. The molecule has 9 nitrogen and oxygen atoms in total. The van der Waals surface area contributed by atoms with Crippen LogP contribution in [0.1, 0.15) is 50.9 Å². The number of hydrogen-bond acceptors (Lipinski definition) is 8. The summed E-state index contributed by atoms with van der Waals surface area (Å²) in [5.74, 6) is 2.05. The van der Waals surface area contributed by atoms with Gasteiger partial charge in [0.25, 0.3) is 0 Å². The number of rotatable bonds is 7. The van der Waals surface area contributed by atoms with E-state index in [-0.39, 0.29) is 17.5 Å². The van der Waals surface area contributed by atoms with E-state index in [9.17, 15) is 13.7 Å². The van der Waals surface area contributed by atoms with Crippen LogP contribution in [0, 0.1) is 23.2 Å². The molecule has 2 saturated heterocycles. The number of benzene rings is 1. The lowest BCUT2D eigenvalue weighted by molar-refractivity contribution is 0.125. The Morgan fingerprint density at radius 3 is 2.59 bits per heavy atom. The molecule has 2 unspecified atom stereocenters. The van der Waals surface area contributed by atoms with Crippen molar-refractivity contribution in [3.8, 4) is 6.07 Å². The van der Waals surface area contributed by atoms with Crippen LogP contribution in [0.5, 0.6) is 0 Å². The summed E-state index contributed by atoms with van der Waals surface area (Å²) in [5, 5.41) is 15.2. The minimum atomic E-state index is -2.95. The van der Waals surface area contributed by atoms with Crippen molar-refractivity contribution < 1.29 is 8.42 Å². The lowest BCUT2D eigenvalue weighted by Crippen LogP contribution is -2.54. The molecule has 5 rings (SSSR count). The quantitative estimate of drug-likeness (QED) is 0.384. The molecular weight excluding hydrogens is 557 g/mol. The van der Waals surface area contributed by atoms with Crippen LogP contribution in [0.4, 0.5) is 5.82 Å². The fourth-order valence-corrected chi connectivity index (χ4v) is 6.50. The van der Waals surface area contributed by atoms with Gasteiger partial charge in [-0.15, -0.1) is 0 Å². The number of hydrogen-bond donors (Lipinski definition) is 0. The fourth-order valence-electron chi connectivity index (χ4n) is 5.34. The van der Waals surface area contributed by atoms with Crippen molar-refractivity contribution in [3.05, 3.63) is 45.7 Å². The van der Waals surface area contributed by atoms with Crippen LogP contribution in [-0.4, -0.2) is 77.8 Å². The largest absolute Gasteiger partial charge is 0.355 e. The summed E-state index contributed by atoms with van der Waals surface area (Å²) in [4.78, 5) is 13.9. The molecule has 2 aliphatic heterocycles. The Morgan fingerprint density at radius 1 is 1.18 bits per heavy atom. The number of likely N-dealkylation sites (tertiary alicyclic amines) is 1. The third-order valence-corrected chi connectivity index (χ3v) is 8.98. The van der Waals surface area contributed by atoms with Gasteiger partial charge >= 0.3 is 0 Å². The molecule has 1 aromatic carbocycles. The Morgan fingerprint density at radius 2 is 1.92 bits per heavy atom. The molecule has 0 N–H and O–H groups in total. The molecule has 2 aromatic heterocycles. The highest BCUT2D eigenvalue weighted by atomic mass is 35.5. The molecule has 0 radical (unpaired) electrons. The van der Waals surface area contributed by atoms with Crippen molar-refractivity contribution >= 4 is 50.0 Å². The zero-order chi connectivity index (χ0) is 28.3. The highest BCUT2D eigenvalue weighted by molar-refractivity contribution is 7.90. The second-order valence-electron chi connectivity index (χ2n) is 10.1. The first-order valence-electron chi connectivity index (χ1n) is 13.4. The molecule has 4 heterocycles. The van der Waals surface area contributed by atoms with Crippen molar-refractivity contribution in [1.82, 2.24) is 24.6 Å². The van der Waals surface area contributed by atoms with Crippen molar-refractivity contribution in [2.24, 2.45) is 11.8 Å². The average Bonchev–Trinajstić information content (AvgIpc) is 3.25. The number of anilines is 1. The van der Waals surface area contributed by atoms with Gasteiger partial charge in [-0.1, -0.05) is 43.1 Å². The molecule has 0 spiro atoms. The number of nitrogens with zero attached hydrogens (tertiary/aromatic N) is 7. The number of sulfone groups is 1. The number of nitriles is 1. The van der Waals surface area contributed by atoms with Gasteiger partial charge in [0.05, 0.1) is 18.0 Å². The molecule has 39 heavy (non-hydrogen) atoms. The molecule has 0 aliphatic carbocycles. The second-order valence-corrected chi connectivity index (χ2v) is 13.2. The van der Waals surface area contributed by atoms with Crippen molar-refractivity contribution in [2.45, 2.75) is 39.7 Å².